The Hall–Kier alpha value is -3.51. The van der Waals surface area contributed by atoms with E-state index in [2.05, 4.69) is 16.4 Å². The van der Waals surface area contributed by atoms with Gasteiger partial charge in [-0.2, -0.15) is 0 Å². The maximum atomic E-state index is 13.1. The minimum atomic E-state index is -0.650. The topological polar surface area (TPSA) is 71.5 Å². The normalized spacial score (nSPS) is 18.5. The van der Waals surface area contributed by atoms with Crippen LogP contribution in [0.4, 0.5) is 0 Å². The number of nitrogens with zero attached hydrogens (tertiary/aromatic N) is 2. The van der Waals surface area contributed by atoms with E-state index >= 15 is 0 Å². The van der Waals surface area contributed by atoms with Crippen LogP contribution in [0.5, 0.6) is 0 Å². The maximum absolute atomic E-state index is 13.1. The van der Waals surface area contributed by atoms with Crippen molar-refractivity contribution in [1.29, 1.82) is 0 Å². The number of hydrogen-bond donors (Lipinski definition) is 1. The molecule has 6 nitrogen and oxygen atoms in total. The Morgan fingerprint density at radius 3 is 2.53 bits per heavy atom. The van der Waals surface area contributed by atoms with Crippen molar-refractivity contribution in [2.24, 2.45) is 0 Å². The first-order chi connectivity index (χ1) is 16.5. The third-order valence-corrected chi connectivity index (χ3v) is 6.91. The molecule has 2 amide bonds. The molecule has 1 spiro atoms. The zero-order chi connectivity index (χ0) is 23.5. The van der Waals surface area contributed by atoms with Crippen LogP contribution in [0, 0.1) is 6.92 Å². The lowest BCUT2D eigenvalue weighted by Gasteiger charge is -2.39. The van der Waals surface area contributed by atoms with E-state index in [1.807, 2.05) is 66.4 Å². The van der Waals surface area contributed by atoms with Crippen molar-refractivity contribution in [1.82, 2.24) is 15.2 Å². The van der Waals surface area contributed by atoms with E-state index in [0.717, 1.165) is 22.3 Å². The average Bonchev–Trinajstić information content (AvgIpc) is 3.19. The predicted molar refractivity (Wildman–Crippen MR) is 129 cm³/mol. The molecule has 1 atom stereocenters. The molecular formula is C28H29N3O3. The number of fused-ring (bicyclic) bond motifs is 2. The van der Waals surface area contributed by atoms with Crippen LogP contribution in [0.3, 0.4) is 0 Å². The van der Waals surface area contributed by atoms with E-state index in [1.165, 1.54) is 5.56 Å². The smallest absolute Gasteiger partial charge is 0.254 e. The van der Waals surface area contributed by atoms with Crippen molar-refractivity contribution in [3.63, 3.8) is 0 Å². The molecule has 1 N–H and O–H groups in total. The van der Waals surface area contributed by atoms with Gasteiger partial charge >= 0.3 is 0 Å². The Balaban J connectivity index is 1.25. The quantitative estimate of drug-likeness (QED) is 0.635. The summed E-state index contributed by atoms with van der Waals surface area (Å²) in [6.07, 6.45) is 4.57. The third kappa shape index (κ3) is 4.46. The van der Waals surface area contributed by atoms with Gasteiger partial charge in [-0.3, -0.25) is 14.6 Å². The van der Waals surface area contributed by atoms with Gasteiger partial charge in [0.05, 0.1) is 12.0 Å². The van der Waals surface area contributed by atoms with Crippen LogP contribution in [-0.2, 0) is 32.9 Å². The van der Waals surface area contributed by atoms with Crippen LogP contribution in [-0.4, -0.2) is 34.8 Å². The molecule has 1 saturated heterocycles. The highest BCUT2D eigenvalue weighted by Gasteiger charge is 2.49. The summed E-state index contributed by atoms with van der Waals surface area (Å²) in [5, 5.41) is 2.99. The second-order valence-electron chi connectivity index (χ2n) is 9.20. The molecule has 0 aliphatic carbocycles. The summed E-state index contributed by atoms with van der Waals surface area (Å²) < 4.78 is 6.50. The molecule has 5 rings (SSSR count). The van der Waals surface area contributed by atoms with Gasteiger partial charge in [0.1, 0.15) is 0 Å². The number of amides is 2. The molecule has 1 aromatic heterocycles. The SMILES string of the molecule is Cc1ccc(CC(=O)N2CCC3(CC2)OC(C(=O)NCc2cccnc2)c2ccccc23)cc1. The number of rotatable bonds is 5. The van der Waals surface area contributed by atoms with E-state index in [1.54, 1.807) is 12.4 Å². The summed E-state index contributed by atoms with van der Waals surface area (Å²) in [7, 11) is 0. The zero-order valence-corrected chi connectivity index (χ0v) is 19.4. The van der Waals surface area contributed by atoms with Gasteiger partial charge in [-0.05, 0) is 48.1 Å². The number of carbonyl (C=O) groups is 2. The van der Waals surface area contributed by atoms with Crippen LogP contribution in [0.1, 0.15) is 46.8 Å². The largest absolute Gasteiger partial charge is 0.352 e. The Morgan fingerprint density at radius 1 is 1.03 bits per heavy atom. The number of pyridine rings is 1. The van der Waals surface area contributed by atoms with Crippen molar-refractivity contribution in [3.05, 3.63) is 101 Å². The number of aromatic nitrogens is 1. The van der Waals surface area contributed by atoms with E-state index in [4.69, 9.17) is 4.74 Å². The second-order valence-corrected chi connectivity index (χ2v) is 9.20. The van der Waals surface area contributed by atoms with Gasteiger partial charge in [0.15, 0.2) is 6.10 Å². The molecule has 34 heavy (non-hydrogen) atoms. The molecule has 2 aliphatic rings. The monoisotopic (exact) mass is 455 g/mol. The van der Waals surface area contributed by atoms with Crippen molar-refractivity contribution in [2.75, 3.05) is 13.1 Å². The summed E-state index contributed by atoms with van der Waals surface area (Å²) in [6.45, 7) is 3.68. The minimum Gasteiger partial charge on any atom is -0.352 e. The number of ether oxygens (including phenoxy) is 1. The van der Waals surface area contributed by atoms with Gasteiger partial charge in [0.2, 0.25) is 5.91 Å². The lowest BCUT2D eigenvalue weighted by Crippen LogP contribution is -2.46. The minimum absolute atomic E-state index is 0.135. The molecule has 1 unspecified atom stereocenters. The fraction of sp³-hybridized carbons (Fsp3) is 0.321. The number of likely N-dealkylation sites (tertiary alicyclic amines) is 1. The van der Waals surface area contributed by atoms with E-state index in [9.17, 15) is 9.59 Å². The lowest BCUT2D eigenvalue weighted by atomic mass is 9.83. The maximum Gasteiger partial charge on any atom is 0.254 e. The van der Waals surface area contributed by atoms with Crippen LogP contribution in [0.15, 0.2) is 73.1 Å². The van der Waals surface area contributed by atoms with Gasteiger partial charge in [-0.15, -0.1) is 0 Å². The molecule has 174 valence electrons. The molecule has 3 heterocycles. The summed E-state index contributed by atoms with van der Waals surface area (Å²) >= 11 is 0. The Bertz CT molecular complexity index is 1170. The molecule has 3 aromatic rings. The van der Waals surface area contributed by atoms with E-state index in [0.29, 0.717) is 38.9 Å². The van der Waals surface area contributed by atoms with E-state index in [-0.39, 0.29) is 11.8 Å². The van der Waals surface area contributed by atoms with Gasteiger partial charge < -0.3 is 15.0 Å². The number of hydrogen-bond acceptors (Lipinski definition) is 4. The van der Waals surface area contributed by atoms with Crippen LogP contribution < -0.4 is 5.32 Å². The molecule has 2 aliphatic heterocycles. The van der Waals surface area contributed by atoms with Gasteiger partial charge in [-0.25, -0.2) is 0 Å². The Labute approximate surface area is 200 Å². The fourth-order valence-electron chi connectivity index (χ4n) is 4.97. The van der Waals surface area contributed by atoms with Crippen LogP contribution >= 0.6 is 0 Å². The summed E-state index contributed by atoms with van der Waals surface area (Å²) in [4.78, 5) is 32.0. The van der Waals surface area contributed by atoms with E-state index < -0.39 is 11.7 Å². The highest BCUT2D eigenvalue weighted by Crippen LogP contribution is 2.49. The zero-order valence-electron chi connectivity index (χ0n) is 19.4. The molecule has 0 saturated carbocycles. The highest BCUT2D eigenvalue weighted by atomic mass is 16.5. The van der Waals surface area contributed by atoms with Gasteiger partial charge in [-0.1, -0.05) is 60.2 Å². The van der Waals surface area contributed by atoms with Crippen molar-refractivity contribution < 1.29 is 14.3 Å². The average molecular weight is 456 g/mol. The molecule has 0 radical (unpaired) electrons. The first kappa shape index (κ1) is 22.3. The molecule has 1 fully saturated rings. The van der Waals surface area contributed by atoms with Gasteiger partial charge in [0, 0.05) is 32.0 Å². The molecule has 0 bridgehead atoms. The van der Waals surface area contributed by atoms with Gasteiger partial charge in [0.25, 0.3) is 5.91 Å². The fourth-order valence-corrected chi connectivity index (χ4v) is 4.97. The lowest BCUT2D eigenvalue weighted by molar-refractivity contribution is -0.155. The summed E-state index contributed by atoms with van der Waals surface area (Å²) in [5.74, 6) is -0.0122. The second kappa shape index (κ2) is 9.39. The summed E-state index contributed by atoms with van der Waals surface area (Å²) in [6, 6.07) is 19.9. The number of piperidine rings is 1. The molecular weight excluding hydrogens is 426 g/mol. The Morgan fingerprint density at radius 2 is 1.79 bits per heavy atom. The van der Waals surface area contributed by atoms with Crippen LogP contribution in [0.2, 0.25) is 0 Å². The predicted octanol–water partition coefficient (Wildman–Crippen LogP) is 3.84. The first-order valence-electron chi connectivity index (χ1n) is 11.8. The number of benzene rings is 2. The Kier molecular flexibility index (Phi) is 6.16. The molecule has 6 heteroatoms. The van der Waals surface area contributed by atoms with Crippen molar-refractivity contribution in [2.45, 2.75) is 44.4 Å². The van der Waals surface area contributed by atoms with Crippen molar-refractivity contribution in [3.8, 4) is 0 Å². The number of nitrogens with one attached hydrogen (secondary N) is 1. The van der Waals surface area contributed by atoms with Crippen molar-refractivity contribution >= 4 is 11.8 Å². The third-order valence-electron chi connectivity index (χ3n) is 6.91. The summed E-state index contributed by atoms with van der Waals surface area (Å²) in [5.41, 5.74) is 4.62. The first-order valence-corrected chi connectivity index (χ1v) is 11.8. The number of carbonyl (C=O) groups excluding carboxylic acids is 2. The standard InChI is InChI=1S/C28H29N3O3/c1-20-8-10-21(11-9-20)17-25(32)31-15-12-28(13-16-31)24-7-3-2-6-23(24)26(34-28)27(33)30-19-22-5-4-14-29-18-22/h2-11,14,18,26H,12-13,15-17,19H2,1H3,(H,30,33). The molecule has 2 aromatic carbocycles. The highest BCUT2D eigenvalue weighted by molar-refractivity contribution is 5.84. The van der Waals surface area contributed by atoms with Crippen LogP contribution in [0.25, 0.3) is 0 Å². The number of aryl methyl sites for hydroxylation is 1.